The number of ether oxygens (including phenoxy) is 1. The first-order chi connectivity index (χ1) is 18.4. The van der Waals surface area contributed by atoms with Crippen LogP contribution in [0, 0.1) is 5.95 Å². The molecule has 0 unspecified atom stereocenters. The molecule has 1 N–H and O–H groups in total. The lowest BCUT2D eigenvalue weighted by Crippen LogP contribution is -2.26. The molecule has 196 valence electrons. The fraction of sp³-hybridized carbons (Fsp3) is 0.259. The molecule has 1 aliphatic heterocycles. The molecule has 0 spiro atoms. The first kappa shape index (κ1) is 25.4. The Morgan fingerprint density at radius 2 is 2.05 bits per heavy atom. The lowest BCUT2D eigenvalue weighted by atomic mass is 10.1. The van der Waals surface area contributed by atoms with E-state index >= 15 is 0 Å². The van der Waals surface area contributed by atoms with Crippen molar-refractivity contribution in [1.29, 1.82) is 0 Å². The van der Waals surface area contributed by atoms with Crippen molar-refractivity contribution in [3.63, 3.8) is 0 Å². The van der Waals surface area contributed by atoms with E-state index in [0.717, 1.165) is 36.5 Å². The van der Waals surface area contributed by atoms with Gasteiger partial charge in [0.15, 0.2) is 5.13 Å². The van der Waals surface area contributed by atoms with Crippen LogP contribution in [0.15, 0.2) is 66.3 Å². The molecule has 11 heteroatoms. The van der Waals surface area contributed by atoms with Gasteiger partial charge in [-0.3, -0.25) is 15.0 Å². The van der Waals surface area contributed by atoms with Gasteiger partial charge in [-0.1, -0.05) is 0 Å². The van der Waals surface area contributed by atoms with Crippen LogP contribution in [0.1, 0.15) is 40.6 Å². The minimum Gasteiger partial charge on any atom is -0.452 e. The molecule has 5 rings (SSSR count). The van der Waals surface area contributed by atoms with Gasteiger partial charge in [0, 0.05) is 49.3 Å². The Hall–Kier alpha value is -4.25. The van der Waals surface area contributed by atoms with Gasteiger partial charge in [-0.25, -0.2) is 14.8 Å². The Balaban J connectivity index is 1.26. The zero-order valence-electron chi connectivity index (χ0n) is 21.0. The molecule has 1 aromatic carbocycles. The van der Waals surface area contributed by atoms with Gasteiger partial charge in [0.1, 0.15) is 5.69 Å². The molecule has 0 bridgehead atoms. The van der Waals surface area contributed by atoms with E-state index in [1.165, 1.54) is 35.6 Å². The zero-order valence-corrected chi connectivity index (χ0v) is 21.8. The monoisotopic (exact) mass is 534 g/mol. The third kappa shape index (κ3) is 5.37. The van der Waals surface area contributed by atoms with Crippen LogP contribution in [0.3, 0.4) is 0 Å². The molecule has 9 nitrogen and oxygen atoms in total. The molecule has 0 aliphatic carbocycles. The first-order valence-electron chi connectivity index (χ1n) is 12.1. The molecule has 0 saturated carbocycles. The number of halogens is 1. The molecule has 0 radical (unpaired) electrons. The number of aromatic nitrogens is 3. The van der Waals surface area contributed by atoms with Gasteiger partial charge in [-0.05, 0) is 66.9 Å². The molecule has 3 aromatic heterocycles. The number of nitrogens with zero attached hydrogens (tertiary/aromatic N) is 5. The maximum atomic E-state index is 13.5. The van der Waals surface area contributed by atoms with Crippen molar-refractivity contribution in [2.75, 3.05) is 35.8 Å². The van der Waals surface area contributed by atoms with Crippen molar-refractivity contribution in [3.8, 4) is 0 Å². The van der Waals surface area contributed by atoms with Gasteiger partial charge < -0.3 is 14.2 Å². The predicted molar refractivity (Wildman–Crippen MR) is 144 cm³/mol. The molecule has 1 fully saturated rings. The lowest BCUT2D eigenvalue weighted by Gasteiger charge is -2.26. The summed E-state index contributed by atoms with van der Waals surface area (Å²) in [6.45, 7) is 1.24. The van der Waals surface area contributed by atoms with Gasteiger partial charge in [0.05, 0.1) is 18.8 Å². The van der Waals surface area contributed by atoms with Gasteiger partial charge in [-0.2, -0.15) is 4.39 Å². The van der Waals surface area contributed by atoms with Crippen molar-refractivity contribution in [2.24, 2.45) is 0 Å². The van der Waals surface area contributed by atoms with E-state index in [1.807, 2.05) is 29.6 Å². The summed E-state index contributed by atoms with van der Waals surface area (Å²) in [4.78, 5) is 36.9. The minimum absolute atomic E-state index is 0.0894. The highest BCUT2D eigenvalue weighted by molar-refractivity contribution is 7.14. The minimum atomic E-state index is -0.554. The average Bonchev–Trinajstić information content (AvgIpc) is 3.69. The standard InChI is InChI=1S/C27H27FN6O3S/c1-32(27(36)37-2)19-7-9-20(10-8-19)34-14-4-5-22(34)21-17-38-26(30-21)31-25(35)23-6-3-13-33(23)16-18-11-12-29-24(28)15-18/h3,6-13,15,17,22H,4-5,14,16H2,1-2H3,(H,30,31,35)/t22-/m1/s1. The Labute approximate surface area is 223 Å². The number of hydrogen-bond donors (Lipinski definition) is 1. The van der Waals surface area contributed by atoms with Crippen LogP contribution in [0.5, 0.6) is 0 Å². The van der Waals surface area contributed by atoms with Crippen LogP contribution in [0.4, 0.5) is 25.7 Å². The zero-order chi connectivity index (χ0) is 26.6. The van der Waals surface area contributed by atoms with E-state index in [1.54, 1.807) is 36.0 Å². The smallest absolute Gasteiger partial charge is 0.413 e. The number of carbonyl (C=O) groups is 2. The fourth-order valence-electron chi connectivity index (χ4n) is 4.65. The summed E-state index contributed by atoms with van der Waals surface area (Å²) in [5.74, 6) is -0.833. The molecule has 1 atom stereocenters. The number of benzene rings is 1. The quantitative estimate of drug-likeness (QED) is 0.323. The van der Waals surface area contributed by atoms with Gasteiger partial charge in [-0.15, -0.1) is 11.3 Å². The SMILES string of the molecule is COC(=O)N(C)c1ccc(N2CCC[C@@H]2c2csc(NC(=O)c3cccn3Cc3ccnc(F)c3)n2)cc1. The maximum Gasteiger partial charge on any atom is 0.413 e. The number of hydrogen-bond acceptors (Lipinski definition) is 7. The topological polar surface area (TPSA) is 92.6 Å². The van der Waals surface area contributed by atoms with Crippen molar-refractivity contribution in [1.82, 2.24) is 14.5 Å². The molecule has 4 aromatic rings. The largest absolute Gasteiger partial charge is 0.452 e. The Morgan fingerprint density at radius 1 is 1.24 bits per heavy atom. The summed E-state index contributed by atoms with van der Waals surface area (Å²) in [6.07, 6.45) is 4.74. The second-order valence-electron chi connectivity index (χ2n) is 8.94. The molecule has 2 amide bonds. The number of rotatable bonds is 7. The Morgan fingerprint density at radius 3 is 2.82 bits per heavy atom. The summed E-state index contributed by atoms with van der Waals surface area (Å²) in [5, 5.41) is 5.42. The van der Waals surface area contributed by atoms with Crippen molar-refractivity contribution < 1.29 is 18.7 Å². The summed E-state index contributed by atoms with van der Waals surface area (Å²) >= 11 is 1.39. The molecule has 38 heavy (non-hydrogen) atoms. The molecular weight excluding hydrogens is 507 g/mol. The van der Waals surface area contributed by atoms with Crippen molar-refractivity contribution in [3.05, 3.63) is 89.2 Å². The summed E-state index contributed by atoms with van der Waals surface area (Å²) in [7, 11) is 3.02. The Bertz CT molecular complexity index is 1440. The second-order valence-corrected chi connectivity index (χ2v) is 9.79. The van der Waals surface area contributed by atoms with Crippen LogP contribution >= 0.6 is 11.3 Å². The number of methoxy groups -OCH3 is 1. The lowest BCUT2D eigenvalue weighted by molar-refractivity contribution is 0.101. The van der Waals surface area contributed by atoms with Gasteiger partial charge in [0.25, 0.3) is 5.91 Å². The number of anilines is 3. The van der Waals surface area contributed by atoms with Crippen LogP contribution in [-0.4, -0.2) is 47.2 Å². The van der Waals surface area contributed by atoms with Crippen LogP contribution < -0.4 is 15.1 Å². The summed E-state index contributed by atoms with van der Waals surface area (Å²) < 4.78 is 20.0. The van der Waals surface area contributed by atoms with E-state index in [4.69, 9.17) is 9.72 Å². The Kier molecular flexibility index (Phi) is 7.36. The first-order valence-corrected chi connectivity index (χ1v) is 13.0. The highest BCUT2D eigenvalue weighted by Crippen LogP contribution is 2.37. The average molecular weight is 535 g/mol. The van der Waals surface area contributed by atoms with E-state index in [2.05, 4.69) is 15.2 Å². The second kappa shape index (κ2) is 11.0. The van der Waals surface area contributed by atoms with Gasteiger partial charge >= 0.3 is 6.09 Å². The van der Waals surface area contributed by atoms with E-state index in [0.29, 0.717) is 22.9 Å². The van der Waals surface area contributed by atoms with Gasteiger partial charge in [0.2, 0.25) is 5.95 Å². The normalized spacial score (nSPS) is 14.9. The maximum absolute atomic E-state index is 13.5. The highest BCUT2D eigenvalue weighted by atomic mass is 32.1. The number of pyridine rings is 1. The van der Waals surface area contributed by atoms with Crippen molar-refractivity contribution >= 4 is 39.8 Å². The van der Waals surface area contributed by atoms with Crippen LogP contribution in [0.25, 0.3) is 0 Å². The molecule has 1 saturated heterocycles. The van der Waals surface area contributed by atoms with Crippen molar-refractivity contribution in [2.45, 2.75) is 25.4 Å². The summed E-state index contributed by atoms with van der Waals surface area (Å²) in [5.41, 5.74) is 3.86. The van der Waals surface area contributed by atoms with E-state index < -0.39 is 12.0 Å². The number of nitrogens with one attached hydrogen (secondary N) is 1. The van der Waals surface area contributed by atoms with Crippen LogP contribution in [-0.2, 0) is 11.3 Å². The highest BCUT2D eigenvalue weighted by Gasteiger charge is 2.29. The third-order valence-electron chi connectivity index (χ3n) is 6.56. The predicted octanol–water partition coefficient (Wildman–Crippen LogP) is 5.32. The number of amides is 2. The molecule has 1 aliphatic rings. The summed E-state index contributed by atoms with van der Waals surface area (Å²) in [6, 6.07) is 14.4. The van der Waals surface area contributed by atoms with Crippen LogP contribution in [0.2, 0.25) is 0 Å². The van der Waals surface area contributed by atoms with E-state index in [-0.39, 0.29) is 11.9 Å². The molecule has 4 heterocycles. The van der Waals surface area contributed by atoms with E-state index in [9.17, 15) is 14.0 Å². The third-order valence-corrected chi connectivity index (χ3v) is 7.34. The molecular formula is C27H27FN6O3S. The number of carbonyl (C=O) groups excluding carboxylic acids is 2. The fourth-order valence-corrected chi connectivity index (χ4v) is 5.40. The number of thiazole rings is 1.